The van der Waals surface area contributed by atoms with Gasteiger partial charge in [-0.25, -0.2) is 0 Å². The van der Waals surface area contributed by atoms with Gasteiger partial charge in [-0.3, -0.25) is 9.59 Å². The summed E-state index contributed by atoms with van der Waals surface area (Å²) < 4.78 is 8.46. The number of hydrogen-bond donors (Lipinski definition) is 1. The molecule has 0 saturated carbocycles. The second-order valence-electron chi connectivity index (χ2n) is 7.20. The Morgan fingerprint density at radius 1 is 1.19 bits per heavy atom. The molecule has 0 spiro atoms. The normalized spacial score (nSPS) is 12.0. The molecule has 31 heavy (non-hydrogen) atoms. The summed E-state index contributed by atoms with van der Waals surface area (Å²) in [4.78, 5) is 30.4. The first-order valence-electron chi connectivity index (χ1n) is 10.2. The topological polar surface area (TPSA) is 72.7 Å². The predicted molar refractivity (Wildman–Crippen MR) is 128 cm³/mol. The lowest BCUT2D eigenvalue weighted by Crippen LogP contribution is -2.19. The van der Waals surface area contributed by atoms with Crippen LogP contribution in [-0.2, 0) is 16.1 Å². The second-order valence-corrected chi connectivity index (χ2v) is 9.86. The van der Waals surface area contributed by atoms with Gasteiger partial charge in [-0.1, -0.05) is 25.2 Å². The zero-order valence-corrected chi connectivity index (χ0v) is 19.8. The van der Waals surface area contributed by atoms with E-state index < -0.39 is 0 Å². The summed E-state index contributed by atoms with van der Waals surface area (Å²) in [5, 5.41) is 3.28. The van der Waals surface area contributed by atoms with Gasteiger partial charge in [0, 0.05) is 41.5 Å². The number of thiazole rings is 1. The third-order valence-electron chi connectivity index (χ3n) is 4.34. The number of nitrogens with zero attached hydrogens (tertiary/aromatic N) is 2. The highest BCUT2D eigenvalue weighted by Gasteiger charge is 2.11. The van der Waals surface area contributed by atoms with Gasteiger partial charge < -0.3 is 14.6 Å². The van der Waals surface area contributed by atoms with Gasteiger partial charge in [0.15, 0.2) is 4.80 Å². The lowest BCUT2D eigenvalue weighted by molar-refractivity contribution is -0.114. The Balaban J connectivity index is 1.97. The SMILES string of the molecule is CCOCCn1c(=NC(=O)c2ccc(SC(C)C)cc2)sc2cc(NC(C)=O)ccc21. The molecule has 0 aliphatic heterocycles. The van der Waals surface area contributed by atoms with Crippen molar-refractivity contribution in [3.05, 3.63) is 52.8 Å². The quantitative estimate of drug-likeness (QED) is 0.384. The van der Waals surface area contributed by atoms with Crippen molar-refractivity contribution in [1.29, 1.82) is 0 Å². The van der Waals surface area contributed by atoms with Crippen LogP contribution in [0, 0.1) is 0 Å². The summed E-state index contributed by atoms with van der Waals surface area (Å²) in [6, 6.07) is 13.3. The fourth-order valence-corrected chi connectivity index (χ4v) is 4.99. The van der Waals surface area contributed by atoms with Gasteiger partial charge in [-0.15, -0.1) is 11.8 Å². The van der Waals surface area contributed by atoms with Crippen LogP contribution in [0.3, 0.4) is 0 Å². The van der Waals surface area contributed by atoms with Gasteiger partial charge in [0.05, 0.1) is 16.8 Å². The van der Waals surface area contributed by atoms with Gasteiger partial charge in [0.2, 0.25) is 5.91 Å². The molecule has 0 atom stereocenters. The molecule has 1 aromatic heterocycles. The van der Waals surface area contributed by atoms with Gasteiger partial charge in [0.25, 0.3) is 5.91 Å². The highest BCUT2D eigenvalue weighted by Crippen LogP contribution is 2.24. The molecule has 3 rings (SSSR count). The molecule has 1 heterocycles. The largest absolute Gasteiger partial charge is 0.380 e. The summed E-state index contributed by atoms with van der Waals surface area (Å²) in [6.45, 7) is 9.44. The van der Waals surface area contributed by atoms with E-state index in [9.17, 15) is 9.59 Å². The number of ether oxygens (including phenoxy) is 1. The fourth-order valence-electron chi connectivity index (χ4n) is 3.06. The number of aromatic nitrogens is 1. The predicted octanol–water partition coefficient (Wildman–Crippen LogP) is 4.94. The lowest BCUT2D eigenvalue weighted by atomic mass is 10.2. The molecule has 6 nitrogen and oxygen atoms in total. The van der Waals surface area contributed by atoms with Crippen molar-refractivity contribution in [1.82, 2.24) is 4.57 Å². The molecule has 0 aliphatic carbocycles. The van der Waals surface area contributed by atoms with E-state index in [1.165, 1.54) is 18.3 Å². The van der Waals surface area contributed by atoms with Gasteiger partial charge in [-0.05, 0) is 49.4 Å². The first-order chi connectivity index (χ1) is 14.9. The van der Waals surface area contributed by atoms with Crippen molar-refractivity contribution >= 4 is 50.8 Å². The van der Waals surface area contributed by atoms with Crippen molar-refractivity contribution < 1.29 is 14.3 Å². The molecule has 2 amide bonds. The van der Waals surface area contributed by atoms with Crippen LogP contribution in [0.4, 0.5) is 5.69 Å². The zero-order valence-electron chi connectivity index (χ0n) is 18.2. The number of anilines is 1. The first-order valence-corrected chi connectivity index (χ1v) is 11.9. The molecule has 0 radical (unpaired) electrons. The lowest BCUT2D eigenvalue weighted by Gasteiger charge is -2.07. The Labute approximate surface area is 190 Å². The van der Waals surface area contributed by atoms with Crippen LogP contribution in [0.25, 0.3) is 10.2 Å². The van der Waals surface area contributed by atoms with Crippen LogP contribution in [-0.4, -0.2) is 34.8 Å². The van der Waals surface area contributed by atoms with Crippen LogP contribution >= 0.6 is 23.1 Å². The molecule has 0 fully saturated rings. The van der Waals surface area contributed by atoms with E-state index in [0.717, 1.165) is 15.1 Å². The number of amides is 2. The van der Waals surface area contributed by atoms with Gasteiger partial charge in [0.1, 0.15) is 0 Å². The smallest absolute Gasteiger partial charge is 0.279 e. The van der Waals surface area contributed by atoms with Gasteiger partial charge in [-0.2, -0.15) is 4.99 Å². The van der Waals surface area contributed by atoms with Crippen LogP contribution in [0.1, 0.15) is 38.1 Å². The summed E-state index contributed by atoms with van der Waals surface area (Å²) >= 11 is 3.18. The Morgan fingerprint density at radius 2 is 1.94 bits per heavy atom. The van der Waals surface area contributed by atoms with Crippen molar-refractivity contribution in [3.8, 4) is 0 Å². The standard InChI is InChI=1S/C23H27N3O3S2/c1-5-29-13-12-26-20-11-8-18(24-16(4)27)14-21(20)31-23(26)25-22(28)17-6-9-19(10-7-17)30-15(2)3/h6-11,14-15H,5,12-13H2,1-4H3,(H,24,27). The number of fused-ring (bicyclic) bond motifs is 1. The summed E-state index contributed by atoms with van der Waals surface area (Å²) in [6.07, 6.45) is 0. The molecule has 0 saturated heterocycles. The minimum absolute atomic E-state index is 0.126. The number of benzene rings is 2. The summed E-state index contributed by atoms with van der Waals surface area (Å²) in [5.41, 5.74) is 2.23. The third-order valence-corrected chi connectivity index (χ3v) is 6.39. The van der Waals surface area contributed by atoms with E-state index in [2.05, 4.69) is 24.2 Å². The molecule has 0 aliphatic rings. The Hall–Kier alpha value is -2.42. The van der Waals surface area contributed by atoms with Crippen molar-refractivity contribution in [2.75, 3.05) is 18.5 Å². The Bertz CT molecular complexity index is 1130. The maximum absolute atomic E-state index is 12.9. The summed E-state index contributed by atoms with van der Waals surface area (Å²) in [5.74, 6) is -0.404. The van der Waals surface area contributed by atoms with Crippen LogP contribution < -0.4 is 10.1 Å². The van der Waals surface area contributed by atoms with Crippen molar-refractivity contribution in [2.45, 2.75) is 44.4 Å². The van der Waals surface area contributed by atoms with Crippen LogP contribution in [0.5, 0.6) is 0 Å². The molecule has 3 aromatic rings. The van der Waals surface area contributed by atoms with Crippen molar-refractivity contribution in [3.63, 3.8) is 0 Å². The molecule has 8 heteroatoms. The number of carbonyl (C=O) groups is 2. The molecular formula is C23H27N3O3S2. The average molecular weight is 458 g/mol. The van der Waals surface area contributed by atoms with E-state index in [4.69, 9.17) is 4.74 Å². The zero-order chi connectivity index (χ0) is 22.4. The number of rotatable bonds is 8. The number of thioether (sulfide) groups is 1. The minimum Gasteiger partial charge on any atom is -0.380 e. The maximum Gasteiger partial charge on any atom is 0.279 e. The number of hydrogen-bond acceptors (Lipinski definition) is 5. The highest BCUT2D eigenvalue weighted by atomic mass is 32.2. The van der Waals surface area contributed by atoms with Crippen LogP contribution in [0.15, 0.2) is 52.4 Å². The molecule has 2 aromatic carbocycles. The Morgan fingerprint density at radius 3 is 2.58 bits per heavy atom. The monoisotopic (exact) mass is 457 g/mol. The fraction of sp³-hybridized carbons (Fsp3) is 0.348. The third kappa shape index (κ3) is 6.29. The molecule has 164 valence electrons. The van der Waals surface area contributed by atoms with Crippen molar-refractivity contribution in [2.24, 2.45) is 4.99 Å². The van der Waals surface area contributed by atoms with E-state index in [0.29, 0.717) is 41.1 Å². The number of carbonyl (C=O) groups excluding carboxylic acids is 2. The van der Waals surface area contributed by atoms with Gasteiger partial charge >= 0.3 is 0 Å². The average Bonchev–Trinajstić information content (AvgIpc) is 3.04. The number of nitrogens with one attached hydrogen (secondary N) is 1. The van der Waals surface area contributed by atoms with E-state index >= 15 is 0 Å². The first kappa shape index (κ1) is 23.2. The molecule has 0 bridgehead atoms. The van der Waals surface area contributed by atoms with Crippen LogP contribution in [0.2, 0.25) is 0 Å². The van der Waals surface area contributed by atoms with E-state index in [1.54, 1.807) is 11.8 Å². The highest BCUT2D eigenvalue weighted by molar-refractivity contribution is 7.99. The molecular weight excluding hydrogens is 430 g/mol. The van der Waals surface area contributed by atoms with E-state index in [1.807, 2.05) is 54.0 Å². The molecule has 0 unspecified atom stereocenters. The maximum atomic E-state index is 12.9. The second kappa shape index (κ2) is 10.7. The Kier molecular flexibility index (Phi) is 8.06. The van der Waals surface area contributed by atoms with E-state index in [-0.39, 0.29) is 11.8 Å². The minimum atomic E-state index is -0.278. The summed E-state index contributed by atoms with van der Waals surface area (Å²) in [7, 11) is 0. The molecule has 1 N–H and O–H groups in total.